The van der Waals surface area contributed by atoms with Gasteiger partial charge in [-0.3, -0.25) is 10.1 Å². The van der Waals surface area contributed by atoms with Crippen LogP contribution in [0.4, 0.5) is 23.5 Å². The van der Waals surface area contributed by atoms with Gasteiger partial charge < -0.3 is 24.0 Å². The smallest absolute Gasteiger partial charge is 0.270 e. The molecule has 0 unspecified atom stereocenters. The van der Waals surface area contributed by atoms with E-state index in [1.807, 2.05) is 9.80 Å². The number of anilines is 3. The van der Waals surface area contributed by atoms with Crippen LogP contribution in [0.2, 0.25) is 0 Å². The number of hydrogen-bond acceptors (Lipinski definition) is 12. The second-order valence-electron chi connectivity index (χ2n) is 7.01. The summed E-state index contributed by atoms with van der Waals surface area (Å²) in [7, 11) is 1.49. The summed E-state index contributed by atoms with van der Waals surface area (Å²) in [6, 6.07) is 4.28. The van der Waals surface area contributed by atoms with Crippen LogP contribution >= 0.6 is 0 Å². The first kappa shape index (κ1) is 21.6. The third kappa shape index (κ3) is 5.18. The largest absolute Gasteiger partial charge is 0.496 e. The standard InChI is InChI=1S/C19H24N8O5/c1-30-16-3-2-15(27(28)29)12-14(16)13-20-24-17-21-18(25-4-8-31-9-5-25)23-19(22-17)26-6-10-32-11-7-26/h2-3,12-13H,4-11H2,1H3,(H,21,22,23,24)/b20-13-. The first-order valence-corrected chi connectivity index (χ1v) is 10.2. The van der Waals surface area contributed by atoms with Gasteiger partial charge in [-0.15, -0.1) is 0 Å². The molecule has 1 aromatic heterocycles. The molecule has 0 spiro atoms. The van der Waals surface area contributed by atoms with E-state index in [9.17, 15) is 10.1 Å². The lowest BCUT2D eigenvalue weighted by molar-refractivity contribution is -0.384. The van der Waals surface area contributed by atoms with Crippen LogP contribution in [0.1, 0.15) is 5.56 Å². The third-order valence-electron chi connectivity index (χ3n) is 4.99. The van der Waals surface area contributed by atoms with E-state index in [0.29, 0.717) is 75.8 Å². The summed E-state index contributed by atoms with van der Waals surface area (Å²) in [6.45, 7) is 5.14. The van der Waals surface area contributed by atoms with Crippen LogP contribution in [0.3, 0.4) is 0 Å². The lowest BCUT2D eigenvalue weighted by Gasteiger charge is -2.30. The Labute approximate surface area is 184 Å². The summed E-state index contributed by atoms with van der Waals surface area (Å²) < 4.78 is 16.1. The van der Waals surface area contributed by atoms with Gasteiger partial charge >= 0.3 is 0 Å². The Morgan fingerprint density at radius 3 is 2.19 bits per heavy atom. The summed E-state index contributed by atoms with van der Waals surface area (Å²) in [5.74, 6) is 1.80. The first-order valence-electron chi connectivity index (χ1n) is 10.2. The van der Waals surface area contributed by atoms with Gasteiger partial charge in [-0.1, -0.05) is 0 Å². The molecule has 13 heteroatoms. The van der Waals surface area contributed by atoms with Crippen molar-refractivity contribution in [3.63, 3.8) is 0 Å². The number of nitro benzene ring substituents is 1. The van der Waals surface area contributed by atoms with Crippen LogP contribution in [0.15, 0.2) is 23.3 Å². The number of nitrogens with zero attached hydrogens (tertiary/aromatic N) is 7. The van der Waals surface area contributed by atoms with Crippen molar-refractivity contribution in [3.8, 4) is 5.75 Å². The maximum absolute atomic E-state index is 11.1. The van der Waals surface area contributed by atoms with Crippen molar-refractivity contribution in [1.29, 1.82) is 0 Å². The number of rotatable bonds is 7. The van der Waals surface area contributed by atoms with Crippen LogP contribution in [0.5, 0.6) is 5.75 Å². The highest BCUT2D eigenvalue weighted by molar-refractivity contribution is 5.85. The zero-order valence-corrected chi connectivity index (χ0v) is 17.6. The van der Waals surface area contributed by atoms with Crippen molar-refractivity contribution in [2.45, 2.75) is 0 Å². The normalized spacial score (nSPS) is 16.9. The molecule has 0 saturated carbocycles. The Morgan fingerprint density at radius 2 is 1.66 bits per heavy atom. The van der Waals surface area contributed by atoms with Crippen LogP contribution in [-0.4, -0.2) is 85.8 Å². The van der Waals surface area contributed by atoms with Crippen molar-refractivity contribution in [3.05, 3.63) is 33.9 Å². The lowest BCUT2D eigenvalue weighted by atomic mass is 10.2. The summed E-state index contributed by atoms with van der Waals surface area (Å²) in [5.41, 5.74) is 3.21. The maximum atomic E-state index is 11.1. The lowest BCUT2D eigenvalue weighted by Crippen LogP contribution is -2.40. The van der Waals surface area contributed by atoms with Gasteiger partial charge in [-0.25, -0.2) is 5.43 Å². The second-order valence-corrected chi connectivity index (χ2v) is 7.01. The summed E-state index contributed by atoms with van der Waals surface area (Å²) in [6.07, 6.45) is 1.43. The molecule has 2 saturated heterocycles. The number of nitro groups is 1. The molecule has 1 N–H and O–H groups in total. The van der Waals surface area contributed by atoms with Gasteiger partial charge in [0.2, 0.25) is 17.8 Å². The molecule has 170 valence electrons. The van der Waals surface area contributed by atoms with Crippen LogP contribution in [-0.2, 0) is 9.47 Å². The molecule has 0 amide bonds. The first-order chi connectivity index (χ1) is 15.6. The van der Waals surface area contributed by atoms with Crippen molar-refractivity contribution >= 4 is 29.7 Å². The number of nitrogens with one attached hydrogen (secondary N) is 1. The van der Waals surface area contributed by atoms with E-state index in [0.717, 1.165) is 0 Å². The monoisotopic (exact) mass is 444 g/mol. The van der Waals surface area contributed by atoms with E-state index < -0.39 is 4.92 Å². The molecule has 0 atom stereocenters. The number of benzene rings is 1. The molecule has 3 heterocycles. The molecule has 0 bridgehead atoms. The van der Waals surface area contributed by atoms with Crippen LogP contribution < -0.4 is 20.0 Å². The SMILES string of the molecule is COc1ccc([N+](=O)[O-])cc1/C=N\Nc1nc(N2CCOCC2)nc(N2CCOCC2)n1. The Balaban J connectivity index is 1.58. The average Bonchev–Trinajstić information content (AvgIpc) is 2.85. The van der Waals surface area contributed by atoms with Gasteiger partial charge in [0, 0.05) is 43.9 Å². The van der Waals surface area contributed by atoms with Crippen molar-refractivity contribution in [2.24, 2.45) is 5.10 Å². The molecular formula is C19H24N8O5. The fourth-order valence-electron chi connectivity index (χ4n) is 3.31. The Kier molecular flexibility index (Phi) is 6.87. The topological polar surface area (TPSA) is 140 Å². The van der Waals surface area contributed by atoms with E-state index in [-0.39, 0.29) is 11.6 Å². The molecular weight excluding hydrogens is 420 g/mol. The van der Waals surface area contributed by atoms with E-state index in [1.54, 1.807) is 0 Å². The maximum Gasteiger partial charge on any atom is 0.270 e. The van der Waals surface area contributed by atoms with E-state index in [1.165, 1.54) is 31.5 Å². The Hall–Kier alpha value is -3.58. The number of morpholine rings is 2. The van der Waals surface area contributed by atoms with Crippen LogP contribution in [0, 0.1) is 10.1 Å². The van der Waals surface area contributed by atoms with E-state index >= 15 is 0 Å². The minimum atomic E-state index is -0.473. The predicted octanol–water partition coefficient (Wildman–Crippen LogP) is 0.908. The van der Waals surface area contributed by atoms with Gasteiger partial charge in [0.1, 0.15) is 5.75 Å². The molecule has 13 nitrogen and oxygen atoms in total. The molecule has 2 aliphatic rings. The highest BCUT2D eigenvalue weighted by Gasteiger charge is 2.20. The van der Waals surface area contributed by atoms with E-state index in [2.05, 4.69) is 25.5 Å². The zero-order chi connectivity index (χ0) is 22.3. The average molecular weight is 444 g/mol. The van der Waals surface area contributed by atoms with Crippen molar-refractivity contribution in [2.75, 3.05) is 74.9 Å². The van der Waals surface area contributed by atoms with E-state index in [4.69, 9.17) is 14.2 Å². The minimum absolute atomic E-state index is 0.0587. The second kappa shape index (κ2) is 10.2. The fourth-order valence-corrected chi connectivity index (χ4v) is 3.31. The molecule has 1 aromatic carbocycles. The number of ether oxygens (including phenoxy) is 3. The third-order valence-corrected chi connectivity index (χ3v) is 4.99. The van der Waals surface area contributed by atoms with Gasteiger partial charge in [0.15, 0.2) is 0 Å². The minimum Gasteiger partial charge on any atom is -0.496 e. The van der Waals surface area contributed by atoms with Gasteiger partial charge in [0.05, 0.1) is 44.7 Å². The highest BCUT2D eigenvalue weighted by atomic mass is 16.6. The molecule has 2 aromatic rings. The number of aromatic nitrogens is 3. The number of non-ortho nitro benzene ring substituents is 1. The van der Waals surface area contributed by atoms with Gasteiger partial charge in [-0.05, 0) is 6.07 Å². The number of hydrogen-bond donors (Lipinski definition) is 1. The summed E-state index contributed by atoms with van der Waals surface area (Å²) >= 11 is 0. The quantitative estimate of drug-likeness (QED) is 0.370. The highest BCUT2D eigenvalue weighted by Crippen LogP contribution is 2.23. The van der Waals surface area contributed by atoms with Crippen molar-refractivity contribution in [1.82, 2.24) is 15.0 Å². The molecule has 2 fully saturated rings. The molecule has 0 aliphatic carbocycles. The van der Waals surface area contributed by atoms with Gasteiger partial charge in [-0.2, -0.15) is 20.1 Å². The Morgan fingerprint density at radius 1 is 1.06 bits per heavy atom. The zero-order valence-electron chi connectivity index (χ0n) is 17.6. The van der Waals surface area contributed by atoms with Gasteiger partial charge in [0.25, 0.3) is 5.69 Å². The molecule has 0 radical (unpaired) electrons. The molecule has 2 aliphatic heterocycles. The summed E-state index contributed by atoms with van der Waals surface area (Å²) in [4.78, 5) is 28.3. The fraction of sp³-hybridized carbons (Fsp3) is 0.474. The summed E-state index contributed by atoms with van der Waals surface area (Å²) in [5, 5.41) is 15.3. The predicted molar refractivity (Wildman–Crippen MR) is 117 cm³/mol. The van der Waals surface area contributed by atoms with Crippen LogP contribution in [0.25, 0.3) is 0 Å². The Bertz CT molecular complexity index is 940. The molecule has 4 rings (SSSR count). The molecule has 32 heavy (non-hydrogen) atoms. The van der Waals surface area contributed by atoms with Crippen molar-refractivity contribution < 1.29 is 19.1 Å². The number of methoxy groups -OCH3 is 1. The number of hydrazone groups is 1.